The van der Waals surface area contributed by atoms with Crippen LogP contribution >= 0.6 is 22.9 Å². The highest BCUT2D eigenvalue weighted by Gasteiger charge is 2.06. The summed E-state index contributed by atoms with van der Waals surface area (Å²) >= 11 is 7.80. The molecule has 1 aromatic carbocycles. The number of benzene rings is 1. The maximum absolute atomic E-state index is 6.13. The lowest BCUT2D eigenvalue weighted by molar-refractivity contribution is 0.544. The smallest absolute Gasteiger partial charge is 0.106 e. The van der Waals surface area contributed by atoms with E-state index in [9.17, 15) is 0 Å². The third-order valence-electron chi connectivity index (χ3n) is 2.57. The summed E-state index contributed by atoms with van der Waals surface area (Å²) in [5.74, 6) is 0. The van der Waals surface area contributed by atoms with E-state index in [1.165, 1.54) is 5.56 Å². The molecule has 1 heterocycles. The number of aromatic nitrogens is 1. The summed E-state index contributed by atoms with van der Waals surface area (Å²) in [5, 5.41) is 7.41. The van der Waals surface area contributed by atoms with Crippen LogP contribution in [-0.2, 0) is 13.0 Å². The molecule has 2 rings (SSSR count). The van der Waals surface area contributed by atoms with Crippen LogP contribution < -0.4 is 5.32 Å². The van der Waals surface area contributed by atoms with Gasteiger partial charge in [-0.3, -0.25) is 0 Å². The van der Waals surface area contributed by atoms with E-state index in [0.717, 1.165) is 23.0 Å². The Labute approximate surface area is 111 Å². The van der Waals surface area contributed by atoms with Crippen LogP contribution in [0.2, 0.25) is 5.02 Å². The molecule has 0 aliphatic carbocycles. The van der Waals surface area contributed by atoms with Gasteiger partial charge < -0.3 is 5.32 Å². The van der Waals surface area contributed by atoms with Crippen molar-refractivity contribution in [3.05, 3.63) is 51.4 Å². The quantitative estimate of drug-likeness (QED) is 0.896. The molecule has 2 nitrogen and oxygen atoms in total. The second-order valence-corrected chi connectivity index (χ2v) is 5.39. The highest BCUT2D eigenvalue weighted by Crippen LogP contribution is 2.16. The van der Waals surface area contributed by atoms with Crippen molar-refractivity contribution in [1.82, 2.24) is 10.3 Å². The minimum absolute atomic E-state index is 0.388. The average Bonchev–Trinajstić information content (AvgIpc) is 2.82. The Morgan fingerprint density at radius 2 is 2.24 bits per heavy atom. The average molecular weight is 267 g/mol. The van der Waals surface area contributed by atoms with Crippen molar-refractivity contribution in [1.29, 1.82) is 0 Å². The lowest BCUT2D eigenvalue weighted by atomic mass is 10.1. The number of nitrogens with one attached hydrogen (secondary N) is 1. The van der Waals surface area contributed by atoms with Gasteiger partial charge in [-0.1, -0.05) is 29.8 Å². The standard InChI is InChI=1S/C13H15ClN2S/c1-10(16-9-13-15-6-7-17-13)8-11-4-2-3-5-12(11)14/h2-7,10,16H,8-9H2,1H3. The topological polar surface area (TPSA) is 24.9 Å². The van der Waals surface area contributed by atoms with Crippen LogP contribution in [0.1, 0.15) is 17.5 Å². The summed E-state index contributed by atoms with van der Waals surface area (Å²) in [5.41, 5.74) is 1.19. The molecule has 4 heteroatoms. The Kier molecular flexibility index (Phi) is 4.54. The molecule has 0 radical (unpaired) electrons. The van der Waals surface area contributed by atoms with Crippen molar-refractivity contribution >= 4 is 22.9 Å². The van der Waals surface area contributed by atoms with E-state index >= 15 is 0 Å². The largest absolute Gasteiger partial charge is 0.308 e. The Hall–Kier alpha value is -0.900. The van der Waals surface area contributed by atoms with E-state index in [1.807, 2.05) is 29.8 Å². The Bertz CT molecular complexity index is 456. The lowest BCUT2D eigenvalue weighted by Gasteiger charge is -2.13. The fourth-order valence-corrected chi connectivity index (χ4v) is 2.45. The predicted octanol–water partition coefficient (Wildman–Crippen LogP) is 3.52. The van der Waals surface area contributed by atoms with Gasteiger partial charge in [0, 0.05) is 29.2 Å². The van der Waals surface area contributed by atoms with Gasteiger partial charge >= 0.3 is 0 Å². The van der Waals surface area contributed by atoms with E-state index < -0.39 is 0 Å². The van der Waals surface area contributed by atoms with E-state index in [4.69, 9.17) is 11.6 Å². The molecular weight excluding hydrogens is 252 g/mol. The first-order valence-electron chi connectivity index (χ1n) is 5.61. The van der Waals surface area contributed by atoms with Crippen LogP contribution in [-0.4, -0.2) is 11.0 Å². The highest BCUT2D eigenvalue weighted by atomic mass is 35.5. The molecule has 0 saturated carbocycles. The highest BCUT2D eigenvalue weighted by molar-refractivity contribution is 7.09. The molecule has 2 aromatic rings. The fraction of sp³-hybridized carbons (Fsp3) is 0.308. The summed E-state index contributed by atoms with van der Waals surface area (Å²) in [7, 11) is 0. The maximum atomic E-state index is 6.13. The second-order valence-electron chi connectivity index (χ2n) is 4.00. The summed E-state index contributed by atoms with van der Waals surface area (Å²) in [6.45, 7) is 2.99. The maximum Gasteiger partial charge on any atom is 0.106 e. The fourth-order valence-electron chi connectivity index (χ4n) is 1.67. The molecule has 0 amide bonds. The molecule has 90 valence electrons. The zero-order valence-electron chi connectivity index (χ0n) is 9.69. The molecule has 1 aromatic heterocycles. The van der Waals surface area contributed by atoms with Crippen LogP contribution in [0.3, 0.4) is 0 Å². The number of nitrogens with zero attached hydrogens (tertiary/aromatic N) is 1. The number of thiazole rings is 1. The molecule has 17 heavy (non-hydrogen) atoms. The van der Waals surface area contributed by atoms with Gasteiger partial charge in [-0.25, -0.2) is 4.98 Å². The molecule has 1 N–H and O–H groups in total. The van der Waals surface area contributed by atoms with Gasteiger partial charge in [0.2, 0.25) is 0 Å². The van der Waals surface area contributed by atoms with Crippen molar-refractivity contribution in [2.75, 3.05) is 0 Å². The van der Waals surface area contributed by atoms with Gasteiger partial charge in [0.1, 0.15) is 5.01 Å². The van der Waals surface area contributed by atoms with Crippen LogP contribution in [0.4, 0.5) is 0 Å². The van der Waals surface area contributed by atoms with Gasteiger partial charge in [0.15, 0.2) is 0 Å². The van der Waals surface area contributed by atoms with Crippen LogP contribution in [0, 0.1) is 0 Å². The SMILES string of the molecule is CC(Cc1ccccc1Cl)NCc1nccs1. The van der Waals surface area contributed by atoms with Crippen molar-refractivity contribution in [2.24, 2.45) is 0 Å². The van der Waals surface area contributed by atoms with Crippen LogP contribution in [0.5, 0.6) is 0 Å². The van der Waals surface area contributed by atoms with E-state index in [-0.39, 0.29) is 0 Å². The third-order valence-corrected chi connectivity index (χ3v) is 3.72. The summed E-state index contributed by atoms with van der Waals surface area (Å²) in [4.78, 5) is 4.24. The molecule has 0 fully saturated rings. The van der Waals surface area contributed by atoms with Crippen molar-refractivity contribution in [3.63, 3.8) is 0 Å². The van der Waals surface area contributed by atoms with Gasteiger partial charge in [-0.05, 0) is 25.0 Å². The first kappa shape index (κ1) is 12.6. The first-order valence-corrected chi connectivity index (χ1v) is 6.86. The van der Waals surface area contributed by atoms with E-state index in [1.54, 1.807) is 11.3 Å². The van der Waals surface area contributed by atoms with E-state index in [0.29, 0.717) is 6.04 Å². The van der Waals surface area contributed by atoms with Crippen LogP contribution in [0.25, 0.3) is 0 Å². The predicted molar refractivity (Wildman–Crippen MR) is 73.6 cm³/mol. The monoisotopic (exact) mass is 266 g/mol. The normalized spacial score (nSPS) is 12.6. The summed E-state index contributed by atoms with van der Waals surface area (Å²) in [6.07, 6.45) is 2.77. The molecule has 1 unspecified atom stereocenters. The molecule has 0 bridgehead atoms. The molecule has 1 atom stereocenters. The number of hydrogen-bond donors (Lipinski definition) is 1. The minimum atomic E-state index is 0.388. The molecule has 0 saturated heterocycles. The number of hydrogen-bond acceptors (Lipinski definition) is 3. The lowest BCUT2D eigenvalue weighted by Crippen LogP contribution is -2.27. The molecule has 0 aliphatic heterocycles. The Morgan fingerprint density at radius 3 is 2.94 bits per heavy atom. The zero-order chi connectivity index (χ0) is 12.1. The van der Waals surface area contributed by atoms with Crippen molar-refractivity contribution in [2.45, 2.75) is 25.9 Å². The summed E-state index contributed by atoms with van der Waals surface area (Å²) in [6, 6.07) is 8.38. The number of halogens is 1. The Balaban J connectivity index is 1.85. The molecule has 0 aliphatic rings. The van der Waals surface area contributed by atoms with Gasteiger partial charge in [0.25, 0.3) is 0 Å². The third kappa shape index (κ3) is 3.80. The summed E-state index contributed by atoms with van der Waals surface area (Å²) < 4.78 is 0. The van der Waals surface area contributed by atoms with Gasteiger partial charge in [-0.2, -0.15) is 0 Å². The zero-order valence-corrected chi connectivity index (χ0v) is 11.3. The van der Waals surface area contributed by atoms with Gasteiger partial charge in [0.05, 0.1) is 0 Å². The second kappa shape index (κ2) is 6.15. The Morgan fingerprint density at radius 1 is 1.41 bits per heavy atom. The molecule has 0 spiro atoms. The van der Waals surface area contributed by atoms with Crippen molar-refractivity contribution in [3.8, 4) is 0 Å². The van der Waals surface area contributed by atoms with Gasteiger partial charge in [-0.15, -0.1) is 11.3 Å². The van der Waals surface area contributed by atoms with Crippen molar-refractivity contribution < 1.29 is 0 Å². The van der Waals surface area contributed by atoms with E-state index in [2.05, 4.69) is 23.3 Å². The van der Waals surface area contributed by atoms with Crippen LogP contribution in [0.15, 0.2) is 35.8 Å². The minimum Gasteiger partial charge on any atom is -0.308 e. The number of rotatable bonds is 5. The molecular formula is C13H15ClN2S. The first-order chi connectivity index (χ1) is 8.25.